The van der Waals surface area contributed by atoms with Gasteiger partial charge in [-0.1, -0.05) is 48.0 Å². The Hall–Kier alpha value is -1.38. The largest absolute Gasteiger partial charge is 0.392 e. The van der Waals surface area contributed by atoms with E-state index in [1.165, 1.54) is 6.07 Å². The molecule has 1 nitrogen and oxygen atoms in total. The number of rotatable bonds is 4. The number of aryl methyl sites for hydroxylation is 1. The van der Waals surface area contributed by atoms with Crippen molar-refractivity contribution >= 4 is 11.6 Å². The third kappa shape index (κ3) is 3.55. The lowest BCUT2D eigenvalue weighted by Gasteiger charge is -2.13. The standard InChI is InChI=1S/C16H16ClFO/c1-11-5-2-3-6-12(11)9-14(19)10-13-7-4-8-15(18)16(13)17/h2-8,14,19H,9-10H2,1H3. The number of hydrogen-bond acceptors (Lipinski definition) is 1. The first-order valence-electron chi connectivity index (χ1n) is 6.23. The van der Waals surface area contributed by atoms with Gasteiger partial charge in [0.15, 0.2) is 0 Å². The summed E-state index contributed by atoms with van der Waals surface area (Å²) in [5.41, 5.74) is 2.89. The first-order chi connectivity index (χ1) is 9.08. The normalized spacial score (nSPS) is 12.4. The fraction of sp³-hybridized carbons (Fsp3) is 0.250. The Balaban J connectivity index is 2.08. The summed E-state index contributed by atoms with van der Waals surface area (Å²) in [7, 11) is 0. The van der Waals surface area contributed by atoms with Gasteiger partial charge in [0.1, 0.15) is 5.82 Å². The van der Waals surface area contributed by atoms with E-state index < -0.39 is 11.9 Å². The Morgan fingerprint density at radius 1 is 1.05 bits per heavy atom. The molecule has 19 heavy (non-hydrogen) atoms. The zero-order valence-corrected chi connectivity index (χ0v) is 11.5. The van der Waals surface area contributed by atoms with Gasteiger partial charge >= 0.3 is 0 Å². The van der Waals surface area contributed by atoms with Crippen LogP contribution in [0.1, 0.15) is 16.7 Å². The Labute approximate surface area is 117 Å². The summed E-state index contributed by atoms with van der Waals surface area (Å²) >= 11 is 5.89. The molecule has 1 atom stereocenters. The number of aliphatic hydroxyl groups excluding tert-OH is 1. The van der Waals surface area contributed by atoms with Gasteiger partial charge in [0.2, 0.25) is 0 Å². The van der Waals surface area contributed by atoms with E-state index in [2.05, 4.69) is 0 Å². The summed E-state index contributed by atoms with van der Waals surface area (Å²) in [6.45, 7) is 2.01. The van der Waals surface area contributed by atoms with E-state index in [4.69, 9.17) is 11.6 Å². The zero-order chi connectivity index (χ0) is 13.8. The highest BCUT2D eigenvalue weighted by molar-refractivity contribution is 6.31. The molecule has 0 amide bonds. The van der Waals surface area contributed by atoms with Crippen LogP contribution in [-0.4, -0.2) is 11.2 Å². The molecule has 0 spiro atoms. The van der Waals surface area contributed by atoms with E-state index in [1.807, 2.05) is 31.2 Å². The molecule has 0 saturated heterocycles. The average molecular weight is 279 g/mol. The second-order valence-corrected chi connectivity index (χ2v) is 5.08. The molecule has 0 radical (unpaired) electrons. The van der Waals surface area contributed by atoms with Gasteiger partial charge in [0.25, 0.3) is 0 Å². The fourth-order valence-electron chi connectivity index (χ4n) is 2.13. The van der Waals surface area contributed by atoms with E-state index in [9.17, 15) is 9.50 Å². The van der Waals surface area contributed by atoms with Crippen LogP contribution in [0.4, 0.5) is 4.39 Å². The molecule has 3 heteroatoms. The Morgan fingerprint density at radius 3 is 2.42 bits per heavy atom. The van der Waals surface area contributed by atoms with Gasteiger partial charge in [0.05, 0.1) is 11.1 Å². The molecule has 2 aromatic rings. The molecule has 0 aliphatic rings. The molecule has 0 aromatic heterocycles. The molecule has 0 heterocycles. The molecule has 0 saturated carbocycles. The van der Waals surface area contributed by atoms with Crippen molar-refractivity contribution in [1.82, 2.24) is 0 Å². The lowest BCUT2D eigenvalue weighted by molar-refractivity contribution is 0.175. The fourth-order valence-corrected chi connectivity index (χ4v) is 2.33. The first kappa shape index (κ1) is 14.0. The van der Waals surface area contributed by atoms with Crippen LogP contribution in [0.25, 0.3) is 0 Å². The minimum absolute atomic E-state index is 0.103. The second-order valence-electron chi connectivity index (χ2n) is 4.70. The summed E-state index contributed by atoms with van der Waals surface area (Å²) in [6, 6.07) is 12.6. The van der Waals surface area contributed by atoms with Gasteiger partial charge < -0.3 is 5.11 Å². The van der Waals surface area contributed by atoms with Crippen LogP contribution in [0.2, 0.25) is 5.02 Å². The van der Waals surface area contributed by atoms with E-state index in [0.29, 0.717) is 18.4 Å². The third-order valence-electron chi connectivity index (χ3n) is 3.20. The van der Waals surface area contributed by atoms with Crippen LogP contribution in [0.15, 0.2) is 42.5 Å². The minimum atomic E-state index is -0.569. The van der Waals surface area contributed by atoms with Gasteiger partial charge in [-0.15, -0.1) is 0 Å². The van der Waals surface area contributed by atoms with E-state index in [0.717, 1.165) is 11.1 Å². The van der Waals surface area contributed by atoms with E-state index in [1.54, 1.807) is 12.1 Å². The monoisotopic (exact) mass is 278 g/mol. The highest BCUT2D eigenvalue weighted by Crippen LogP contribution is 2.22. The van der Waals surface area contributed by atoms with Crippen LogP contribution >= 0.6 is 11.6 Å². The Bertz CT molecular complexity index is 568. The molecular weight excluding hydrogens is 263 g/mol. The zero-order valence-electron chi connectivity index (χ0n) is 10.7. The summed E-state index contributed by atoms with van der Waals surface area (Å²) in [6.07, 6.45) is 0.324. The maximum absolute atomic E-state index is 13.3. The molecule has 2 aromatic carbocycles. The van der Waals surface area contributed by atoms with Crippen LogP contribution in [-0.2, 0) is 12.8 Å². The topological polar surface area (TPSA) is 20.2 Å². The maximum Gasteiger partial charge on any atom is 0.142 e. The highest BCUT2D eigenvalue weighted by Gasteiger charge is 2.12. The summed E-state index contributed by atoms with van der Waals surface area (Å²) in [4.78, 5) is 0. The Kier molecular flexibility index (Phi) is 4.56. The number of hydrogen-bond donors (Lipinski definition) is 1. The van der Waals surface area contributed by atoms with Gasteiger partial charge in [-0.25, -0.2) is 4.39 Å². The van der Waals surface area contributed by atoms with E-state index in [-0.39, 0.29) is 5.02 Å². The molecule has 100 valence electrons. The molecular formula is C16H16ClFO. The van der Waals surface area contributed by atoms with Gasteiger partial charge in [-0.2, -0.15) is 0 Å². The number of aliphatic hydroxyl groups is 1. The second kappa shape index (κ2) is 6.18. The summed E-state index contributed by atoms with van der Waals surface area (Å²) in [5, 5.41) is 10.2. The van der Waals surface area contributed by atoms with Gasteiger partial charge in [0, 0.05) is 6.42 Å². The quantitative estimate of drug-likeness (QED) is 0.898. The van der Waals surface area contributed by atoms with Crippen molar-refractivity contribution in [3.63, 3.8) is 0 Å². The molecule has 0 bridgehead atoms. The van der Waals surface area contributed by atoms with Crippen molar-refractivity contribution in [2.24, 2.45) is 0 Å². The highest BCUT2D eigenvalue weighted by atomic mass is 35.5. The van der Waals surface area contributed by atoms with Crippen molar-refractivity contribution in [1.29, 1.82) is 0 Å². The number of benzene rings is 2. The van der Waals surface area contributed by atoms with Crippen LogP contribution in [0.5, 0.6) is 0 Å². The summed E-state index contributed by atoms with van der Waals surface area (Å²) in [5.74, 6) is -0.442. The third-order valence-corrected chi connectivity index (χ3v) is 3.63. The van der Waals surface area contributed by atoms with E-state index >= 15 is 0 Å². The minimum Gasteiger partial charge on any atom is -0.392 e. The molecule has 2 rings (SSSR count). The average Bonchev–Trinajstić information content (AvgIpc) is 2.38. The first-order valence-corrected chi connectivity index (χ1v) is 6.61. The van der Waals surface area contributed by atoms with Gasteiger partial charge in [-0.05, 0) is 36.1 Å². The van der Waals surface area contributed by atoms with Gasteiger partial charge in [-0.3, -0.25) is 0 Å². The Morgan fingerprint density at radius 2 is 1.68 bits per heavy atom. The number of halogens is 2. The molecule has 0 aliphatic heterocycles. The molecule has 1 unspecified atom stereocenters. The van der Waals surface area contributed by atoms with Crippen molar-refractivity contribution < 1.29 is 9.50 Å². The SMILES string of the molecule is Cc1ccccc1CC(O)Cc1cccc(F)c1Cl. The molecule has 1 N–H and O–H groups in total. The van der Waals surface area contributed by atoms with Crippen LogP contribution in [0, 0.1) is 12.7 Å². The summed E-state index contributed by atoms with van der Waals surface area (Å²) < 4.78 is 13.3. The predicted octanol–water partition coefficient (Wildman–Crippen LogP) is 3.93. The van der Waals surface area contributed by atoms with Crippen LogP contribution in [0.3, 0.4) is 0 Å². The molecule has 0 aliphatic carbocycles. The lowest BCUT2D eigenvalue weighted by Crippen LogP contribution is -2.15. The van der Waals surface area contributed by atoms with Crippen molar-refractivity contribution in [3.8, 4) is 0 Å². The molecule has 0 fully saturated rings. The lowest BCUT2D eigenvalue weighted by atomic mass is 9.98. The maximum atomic E-state index is 13.3. The van der Waals surface area contributed by atoms with Crippen molar-refractivity contribution in [3.05, 3.63) is 70.0 Å². The van der Waals surface area contributed by atoms with Crippen molar-refractivity contribution in [2.75, 3.05) is 0 Å². The van der Waals surface area contributed by atoms with Crippen molar-refractivity contribution in [2.45, 2.75) is 25.9 Å². The predicted molar refractivity (Wildman–Crippen MR) is 76.0 cm³/mol. The smallest absolute Gasteiger partial charge is 0.142 e. The van der Waals surface area contributed by atoms with Crippen LogP contribution < -0.4 is 0 Å².